The van der Waals surface area contributed by atoms with Crippen LogP contribution < -0.4 is 4.90 Å². The third kappa shape index (κ3) is 3.29. The van der Waals surface area contributed by atoms with Crippen molar-refractivity contribution in [2.45, 2.75) is 6.54 Å². The number of para-hydroxylation sites is 1. The van der Waals surface area contributed by atoms with Crippen LogP contribution in [-0.4, -0.2) is 35.1 Å². The first-order valence-corrected chi connectivity index (χ1v) is 7.52. The van der Waals surface area contributed by atoms with Crippen molar-refractivity contribution in [3.8, 4) is 0 Å². The van der Waals surface area contributed by atoms with Gasteiger partial charge in [0.1, 0.15) is 6.54 Å². The van der Waals surface area contributed by atoms with E-state index in [2.05, 4.69) is 0 Å². The summed E-state index contributed by atoms with van der Waals surface area (Å²) in [5.41, 5.74) is 2.32. The van der Waals surface area contributed by atoms with Gasteiger partial charge in [-0.1, -0.05) is 35.9 Å². The van der Waals surface area contributed by atoms with Crippen LogP contribution in [0.1, 0.15) is 15.9 Å². The molecule has 23 heavy (non-hydrogen) atoms. The molecule has 1 N–H and O–H groups in total. The zero-order valence-electron chi connectivity index (χ0n) is 12.3. The van der Waals surface area contributed by atoms with Crippen LogP contribution in [-0.2, 0) is 11.3 Å². The number of anilines is 1. The van der Waals surface area contributed by atoms with E-state index in [-0.39, 0.29) is 19.1 Å². The minimum absolute atomic E-state index is 0.231. The molecule has 1 amide bonds. The lowest BCUT2D eigenvalue weighted by Gasteiger charge is -2.37. The van der Waals surface area contributed by atoms with Crippen molar-refractivity contribution >= 4 is 29.2 Å². The molecule has 1 heterocycles. The number of hydrogen-bond donors (Lipinski definition) is 1. The number of rotatable bonds is 4. The van der Waals surface area contributed by atoms with Gasteiger partial charge in [-0.25, -0.2) is 0 Å². The summed E-state index contributed by atoms with van der Waals surface area (Å²) in [5.74, 6) is -1.29. The first kappa shape index (κ1) is 15.4. The lowest BCUT2D eigenvalue weighted by atomic mass is 10.1. The summed E-state index contributed by atoms with van der Waals surface area (Å²) < 4.78 is 0. The van der Waals surface area contributed by atoms with E-state index in [1.54, 1.807) is 18.2 Å². The number of aliphatic carboxylic acids is 1. The van der Waals surface area contributed by atoms with E-state index >= 15 is 0 Å². The largest absolute Gasteiger partial charge is 0.480 e. The Morgan fingerprint density at radius 2 is 1.91 bits per heavy atom. The van der Waals surface area contributed by atoms with E-state index in [9.17, 15) is 9.59 Å². The van der Waals surface area contributed by atoms with Crippen molar-refractivity contribution in [1.29, 1.82) is 0 Å². The lowest BCUT2D eigenvalue weighted by Crippen LogP contribution is -2.48. The monoisotopic (exact) mass is 330 g/mol. The lowest BCUT2D eigenvalue weighted by molar-refractivity contribution is -0.137. The molecule has 5 nitrogen and oxygen atoms in total. The fraction of sp³-hybridized carbons (Fsp3) is 0.176. The summed E-state index contributed by atoms with van der Waals surface area (Å²) in [7, 11) is 0. The molecule has 0 spiro atoms. The number of carboxylic acid groups (broad SMARTS) is 1. The molecule has 1 aliphatic rings. The van der Waals surface area contributed by atoms with Gasteiger partial charge in [0.2, 0.25) is 0 Å². The molecular weight excluding hydrogens is 316 g/mol. The van der Waals surface area contributed by atoms with E-state index in [4.69, 9.17) is 16.7 Å². The van der Waals surface area contributed by atoms with E-state index in [0.29, 0.717) is 17.1 Å². The van der Waals surface area contributed by atoms with Gasteiger partial charge in [0.25, 0.3) is 5.91 Å². The summed E-state index contributed by atoms with van der Waals surface area (Å²) >= 11 is 6.02. The Labute approximate surface area is 138 Å². The maximum atomic E-state index is 12.4. The second-order valence-corrected chi connectivity index (χ2v) is 5.82. The fourth-order valence-corrected chi connectivity index (χ4v) is 2.94. The molecule has 2 aromatic carbocycles. The normalized spacial score (nSPS) is 13.9. The molecule has 6 heteroatoms. The molecule has 0 radical (unpaired) electrons. The second-order valence-electron chi connectivity index (χ2n) is 5.38. The predicted molar refractivity (Wildman–Crippen MR) is 87.6 cm³/mol. The van der Waals surface area contributed by atoms with Gasteiger partial charge in [0, 0.05) is 11.6 Å². The molecular formula is C17H15ClN2O3. The van der Waals surface area contributed by atoms with Gasteiger partial charge in [-0.2, -0.15) is 0 Å². The zero-order chi connectivity index (χ0) is 16.4. The molecule has 1 aliphatic heterocycles. The third-order valence-electron chi connectivity index (χ3n) is 3.69. The Balaban J connectivity index is 1.93. The molecule has 118 valence electrons. The van der Waals surface area contributed by atoms with E-state index in [1.165, 1.54) is 4.90 Å². The van der Waals surface area contributed by atoms with Crippen LogP contribution in [0.2, 0.25) is 5.02 Å². The molecule has 3 rings (SSSR count). The molecule has 0 unspecified atom stereocenters. The number of carbonyl (C=O) groups is 2. The highest BCUT2D eigenvalue weighted by molar-refractivity contribution is 6.30. The fourth-order valence-electron chi connectivity index (χ4n) is 2.72. The summed E-state index contributed by atoms with van der Waals surface area (Å²) in [6, 6.07) is 14.7. The topological polar surface area (TPSA) is 60.9 Å². The number of amides is 1. The summed E-state index contributed by atoms with van der Waals surface area (Å²) in [6.07, 6.45) is 0. The summed E-state index contributed by atoms with van der Waals surface area (Å²) in [6.45, 7) is 0.453. The molecule has 0 aromatic heterocycles. The van der Waals surface area contributed by atoms with Crippen molar-refractivity contribution in [1.82, 2.24) is 4.90 Å². The number of halogens is 1. The average Bonchev–Trinajstić information content (AvgIpc) is 2.51. The highest BCUT2D eigenvalue weighted by Crippen LogP contribution is 2.28. The minimum atomic E-state index is -1.03. The van der Waals surface area contributed by atoms with Gasteiger partial charge in [0.15, 0.2) is 0 Å². The second kappa shape index (κ2) is 6.30. The Morgan fingerprint density at radius 1 is 1.13 bits per heavy atom. The Morgan fingerprint density at radius 3 is 2.65 bits per heavy atom. The van der Waals surface area contributed by atoms with Crippen molar-refractivity contribution in [2.24, 2.45) is 0 Å². The zero-order valence-corrected chi connectivity index (χ0v) is 13.0. The van der Waals surface area contributed by atoms with Gasteiger partial charge in [-0.15, -0.1) is 0 Å². The highest BCUT2D eigenvalue weighted by atomic mass is 35.5. The van der Waals surface area contributed by atoms with Crippen LogP contribution in [0.3, 0.4) is 0 Å². The minimum Gasteiger partial charge on any atom is -0.480 e. The summed E-state index contributed by atoms with van der Waals surface area (Å²) in [5, 5.41) is 9.66. The molecule has 0 saturated carbocycles. The van der Waals surface area contributed by atoms with Crippen molar-refractivity contribution in [3.63, 3.8) is 0 Å². The van der Waals surface area contributed by atoms with Gasteiger partial charge in [-0.3, -0.25) is 9.59 Å². The van der Waals surface area contributed by atoms with E-state index in [1.807, 2.05) is 35.2 Å². The number of fused-ring (bicyclic) bond motifs is 1. The number of nitrogens with zero attached hydrogens (tertiary/aromatic N) is 2. The van der Waals surface area contributed by atoms with Crippen LogP contribution in [0.15, 0.2) is 48.5 Å². The molecule has 0 saturated heterocycles. The van der Waals surface area contributed by atoms with E-state index in [0.717, 1.165) is 11.3 Å². The number of hydrogen-bond acceptors (Lipinski definition) is 3. The Hall–Kier alpha value is -2.53. The summed E-state index contributed by atoms with van der Waals surface area (Å²) in [4.78, 5) is 26.7. The third-order valence-corrected chi connectivity index (χ3v) is 3.93. The van der Waals surface area contributed by atoms with Crippen molar-refractivity contribution in [2.75, 3.05) is 18.1 Å². The van der Waals surface area contributed by atoms with Crippen LogP contribution in [0.4, 0.5) is 5.69 Å². The Bertz CT molecular complexity index is 763. The van der Waals surface area contributed by atoms with Crippen LogP contribution >= 0.6 is 11.6 Å². The van der Waals surface area contributed by atoms with Gasteiger partial charge in [-0.05, 0) is 29.8 Å². The van der Waals surface area contributed by atoms with Crippen LogP contribution in [0.25, 0.3) is 0 Å². The standard InChI is InChI=1S/C17H15ClN2O3/c18-13-5-3-4-12(8-13)9-19-11-20(10-16(21)22)17(23)14-6-1-2-7-15(14)19/h1-8H,9-11H2,(H,21,22). The Kier molecular flexibility index (Phi) is 4.21. The molecule has 0 atom stereocenters. The van der Waals surface area contributed by atoms with Gasteiger partial charge < -0.3 is 14.9 Å². The SMILES string of the molecule is O=C(O)CN1CN(Cc2cccc(Cl)c2)c2ccccc2C1=O. The average molecular weight is 331 g/mol. The smallest absolute Gasteiger partial charge is 0.323 e. The molecule has 0 bridgehead atoms. The van der Waals surface area contributed by atoms with Gasteiger partial charge >= 0.3 is 5.97 Å². The number of carboxylic acids is 1. The molecule has 2 aromatic rings. The molecule has 0 aliphatic carbocycles. The van der Waals surface area contributed by atoms with Crippen LogP contribution in [0.5, 0.6) is 0 Å². The van der Waals surface area contributed by atoms with Gasteiger partial charge in [0.05, 0.1) is 17.9 Å². The van der Waals surface area contributed by atoms with E-state index < -0.39 is 5.97 Å². The highest BCUT2D eigenvalue weighted by Gasteiger charge is 2.30. The number of benzene rings is 2. The maximum Gasteiger partial charge on any atom is 0.323 e. The quantitative estimate of drug-likeness (QED) is 0.936. The molecule has 0 fully saturated rings. The predicted octanol–water partition coefficient (Wildman–Crippen LogP) is 2.84. The van der Waals surface area contributed by atoms with Crippen molar-refractivity contribution in [3.05, 3.63) is 64.7 Å². The number of carbonyl (C=O) groups excluding carboxylic acids is 1. The maximum absolute atomic E-state index is 12.4. The first-order valence-electron chi connectivity index (χ1n) is 7.14. The van der Waals surface area contributed by atoms with Crippen LogP contribution in [0, 0.1) is 0 Å². The first-order chi connectivity index (χ1) is 11.0. The van der Waals surface area contributed by atoms with Crippen molar-refractivity contribution < 1.29 is 14.7 Å².